The highest BCUT2D eigenvalue weighted by Gasteiger charge is 2.20. The van der Waals surface area contributed by atoms with Gasteiger partial charge in [-0.05, 0) is 35.1 Å². The molecule has 0 bridgehead atoms. The first-order valence-electron chi connectivity index (χ1n) is 2.74. The van der Waals surface area contributed by atoms with Crippen molar-refractivity contribution in [2.45, 2.75) is 17.0 Å². The van der Waals surface area contributed by atoms with E-state index in [0.717, 1.165) is 6.42 Å². The summed E-state index contributed by atoms with van der Waals surface area (Å²) in [6.07, 6.45) is 3.61. The van der Waals surface area contributed by atoms with E-state index in [-0.39, 0.29) is 0 Å². The van der Waals surface area contributed by atoms with Crippen LogP contribution in [0.15, 0.2) is 12.2 Å². The van der Waals surface area contributed by atoms with E-state index in [1.807, 2.05) is 6.92 Å². The standard InChI is InChI=1S/C6H9F2I/c1-2-3-4-6(8,9)5-7/h3-4H,2,5H2,1H3/b4-3-. The highest BCUT2D eigenvalue weighted by molar-refractivity contribution is 14.1. The molecule has 0 N–H and O–H groups in total. The summed E-state index contributed by atoms with van der Waals surface area (Å²) >= 11 is 1.43. The third-order valence-corrected chi connectivity index (χ3v) is 1.42. The minimum Gasteiger partial charge on any atom is -0.246 e. The van der Waals surface area contributed by atoms with Crippen molar-refractivity contribution in [1.82, 2.24) is 0 Å². The van der Waals surface area contributed by atoms with Crippen LogP contribution < -0.4 is 0 Å². The van der Waals surface area contributed by atoms with Crippen molar-refractivity contribution in [2.24, 2.45) is 0 Å². The molecule has 0 aromatic rings. The van der Waals surface area contributed by atoms with Gasteiger partial charge in [0.15, 0.2) is 0 Å². The Morgan fingerprint density at radius 1 is 1.67 bits per heavy atom. The molecule has 0 aromatic heterocycles. The van der Waals surface area contributed by atoms with Gasteiger partial charge in [-0.2, -0.15) is 0 Å². The van der Waals surface area contributed by atoms with Gasteiger partial charge in [0.1, 0.15) is 6.67 Å². The molecule has 9 heavy (non-hydrogen) atoms. The van der Waals surface area contributed by atoms with Gasteiger partial charge < -0.3 is 0 Å². The molecule has 0 radical (unpaired) electrons. The lowest BCUT2D eigenvalue weighted by Gasteiger charge is -2.05. The lowest BCUT2D eigenvalue weighted by Crippen LogP contribution is -2.11. The molecular weight excluding hydrogens is 237 g/mol. The Morgan fingerprint density at radius 3 is 2.56 bits per heavy atom. The number of allylic oxidation sites excluding steroid dienone is 2. The van der Waals surface area contributed by atoms with Gasteiger partial charge in [0, 0.05) is 0 Å². The van der Waals surface area contributed by atoms with E-state index >= 15 is 0 Å². The number of rotatable bonds is 3. The minimum atomic E-state index is -1.78. The zero-order valence-electron chi connectivity index (χ0n) is 5.20. The largest absolute Gasteiger partial charge is 0.246 e. The Bertz CT molecular complexity index is 99.2. The van der Waals surface area contributed by atoms with Crippen LogP contribution in [0.25, 0.3) is 0 Å². The lowest BCUT2D eigenvalue weighted by molar-refractivity contribution is 0.293. The lowest BCUT2D eigenvalue weighted by atomic mass is 10.3. The molecule has 0 saturated carbocycles. The van der Waals surface area contributed by atoms with Crippen molar-refractivity contribution in [2.75, 3.05) is 6.67 Å². The van der Waals surface area contributed by atoms with Gasteiger partial charge in [0.2, 0.25) is 3.68 Å². The van der Waals surface area contributed by atoms with Crippen LogP contribution in [0.3, 0.4) is 0 Å². The van der Waals surface area contributed by atoms with E-state index in [2.05, 4.69) is 0 Å². The molecule has 0 amide bonds. The quantitative estimate of drug-likeness (QED) is 0.408. The highest BCUT2D eigenvalue weighted by Crippen LogP contribution is 2.22. The maximum absolute atomic E-state index is 12.5. The van der Waals surface area contributed by atoms with Crippen LogP contribution in [0, 0.1) is 0 Å². The van der Waals surface area contributed by atoms with Gasteiger partial charge >= 0.3 is 0 Å². The monoisotopic (exact) mass is 246 g/mol. The van der Waals surface area contributed by atoms with Crippen LogP contribution >= 0.6 is 22.6 Å². The van der Waals surface area contributed by atoms with Gasteiger partial charge in [-0.1, -0.05) is 13.0 Å². The summed E-state index contributed by atoms with van der Waals surface area (Å²) in [5, 5.41) is 0. The Balaban J connectivity index is 3.70. The summed E-state index contributed by atoms with van der Waals surface area (Å²) in [7, 11) is 0. The van der Waals surface area contributed by atoms with Crippen LogP contribution in [0.4, 0.5) is 8.78 Å². The smallest absolute Gasteiger partial charge is 0.207 e. The van der Waals surface area contributed by atoms with E-state index in [4.69, 9.17) is 0 Å². The van der Waals surface area contributed by atoms with Gasteiger partial charge in [0.05, 0.1) is 0 Å². The van der Waals surface area contributed by atoms with Crippen molar-refractivity contribution in [3.8, 4) is 0 Å². The fraction of sp³-hybridized carbons (Fsp3) is 0.667. The molecule has 3 heteroatoms. The van der Waals surface area contributed by atoms with Crippen LogP contribution in [0.1, 0.15) is 13.3 Å². The predicted octanol–water partition coefficient (Wildman–Crippen LogP) is 3.02. The average molecular weight is 246 g/mol. The second-order valence-corrected chi connectivity index (χ2v) is 3.50. The number of hydrogen-bond acceptors (Lipinski definition) is 0. The third kappa shape index (κ3) is 4.81. The molecule has 0 aliphatic heterocycles. The molecule has 0 aliphatic rings. The third-order valence-electron chi connectivity index (χ3n) is 0.776. The fourth-order valence-corrected chi connectivity index (χ4v) is 0.589. The molecule has 0 saturated heterocycles. The van der Waals surface area contributed by atoms with Crippen LogP contribution in [0.2, 0.25) is 0 Å². The molecule has 0 spiro atoms. The Hall–Kier alpha value is 0.330. The minimum absolute atomic E-state index is 0.745. The van der Waals surface area contributed by atoms with Crippen molar-refractivity contribution < 1.29 is 8.78 Å². The molecular formula is C6H9F2I. The average Bonchev–Trinajstić information content (AvgIpc) is 1.84. The van der Waals surface area contributed by atoms with Gasteiger partial charge in [-0.25, -0.2) is 8.78 Å². The Morgan fingerprint density at radius 2 is 2.22 bits per heavy atom. The summed E-state index contributed by atoms with van der Waals surface area (Å²) < 4.78 is 22.4. The number of halogens is 3. The van der Waals surface area contributed by atoms with Crippen LogP contribution in [0.5, 0.6) is 0 Å². The van der Waals surface area contributed by atoms with Crippen molar-refractivity contribution >= 4 is 22.6 Å². The molecule has 0 fully saturated rings. The van der Waals surface area contributed by atoms with E-state index < -0.39 is 10.4 Å². The maximum Gasteiger partial charge on any atom is 0.207 e. The highest BCUT2D eigenvalue weighted by atomic mass is 127. The Kier molecular flexibility index (Phi) is 4.35. The molecule has 0 rings (SSSR count). The van der Waals surface area contributed by atoms with E-state index in [1.165, 1.54) is 28.7 Å². The molecule has 1 unspecified atom stereocenters. The van der Waals surface area contributed by atoms with Crippen molar-refractivity contribution in [3.63, 3.8) is 0 Å². The molecule has 0 nitrogen and oxygen atoms in total. The Labute approximate surface area is 67.5 Å². The first-order valence-corrected chi connectivity index (χ1v) is 3.81. The summed E-state index contributed by atoms with van der Waals surface area (Å²) in [5.41, 5.74) is 0. The van der Waals surface area contributed by atoms with E-state index in [1.54, 1.807) is 6.08 Å². The normalized spacial score (nSPS) is 18.2. The van der Waals surface area contributed by atoms with Gasteiger partial charge in [-0.15, -0.1) is 0 Å². The van der Waals surface area contributed by atoms with E-state index in [9.17, 15) is 8.78 Å². The molecule has 1 atom stereocenters. The zero-order valence-corrected chi connectivity index (χ0v) is 7.36. The van der Waals surface area contributed by atoms with Crippen LogP contribution in [-0.2, 0) is 0 Å². The summed E-state index contributed by atoms with van der Waals surface area (Å²) in [6, 6.07) is 0. The van der Waals surface area contributed by atoms with Crippen molar-refractivity contribution in [1.29, 1.82) is 0 Å². The van der Waals surface area contributed by atoms with Gasteiger partial charge in [0.25, 0.3) is 0 Å². The van der Waals surface area contributed by atoms with Gasteiger partial charge in [-0.3, -0.25) is 0 Å². The summed E-state index contributed by atoms with van der Waals surface area (Å²) in [6.45, 7) is 0.922. The predicted molar refractivity (Wildman–Crippen MR) is 43.3 cm³/mol. The molecule has 0 aromatic carbocycles. The summed E-state index contributed by atoms with van der Waals surface area (Å²) in [5.74, 6) is 0. The molecule has 0 heterocycles. The SMILES string of the molecule is CC/C=C\C(F)(I)CF. The number of alkyl halides is 3. The van der Waals surface area contributed by atoms with E-state index in [0.29, 0.717) is 0 Å². The second-order valence-electron chi connectivity index (χ2n) is 1.71. The first-order chi connectivity index (χ1) is 4.12. The molecule has 54 valence electrons. The first kappa shape index (κ1) is 9.33. The zero-order chi connectivity index (χ0) is 7.33. The maximum atomic E-state index is 12.5. The molecule has 0 aliphatic carbocycles. The second kappa shape index (κ2) is 4.19. The summed E-state index contributed by atoms with van der Waals surface area (Å²) in [4.78, 5) is 0. The van der Waals surface area contributed by atoms with Crippen LogP contribution in [-0.4, -0.2) is 10.4 Å². The number of hydrogen-bond donors (Lipinski definition) is 0. The van der Waals surface area contributed by atoms with Crippen molar-refractivity contribution in [3.05, 3.63) is 12.2 Å². The topological polar surface area (TPSA) is 0 Å². The fourth-order valence-electron chi connectivity index (χ4n) is 0.335.